The molecule has 0 aliphatic carbocycles. The Morgan fingerprint density at radius 3 is 1.42 bits per heavy atom. The maximum absolute atomic E-state index is 11.3. The largest absolute Gasteiger partial charge is 0.453 e. The molecule has 0 fully saturated rings. The van der Waals surface area contributed by atoms with Gasteiger partial charge in [-0.05, 0) is 6.42 Å². The Balaban J connectivity index is 3.12. The molecule has 0 spiro atoms. The predicted molar refractivity (Wildman–Crippen MR) is 100 cm³/mol. The molecule has 0 aromatic heterocycles. The van der Waals surface area contributed by atoms with Crippen molar-refractivity contribution in [3.05, 3.63) is 0 Å². The van der Waals surface area contributed by atoms with Crippen LogP contribution in [0.15, 0.2) is 0 Å². The summed E-state index contributed by atoms with van der Waals surface area (Å²) in [5.41, 5.74) is 0. The van der Waals surface area contributed by atoms with Crippen LogP contribution in [0.3, 0.4) is 0 Å². The van der Waals surface area contributed by atoms with E-state index in [1.54, 1.807) is 0 Å². The molecular weight excluding hydrogens is 302 g/mol. The van der Waals surface area contributed by atoms with E-state index < -0.39 is 6.09 Å². The highest BCUT2D eigenvalue weighted by molar-refractivity contribution is 5.91. The van der Waals surface area contributed by atoms with E-state index in [0.29, 0.717) is 6.42 Å². The predicted octanol–water partition coefficient (Wildman–Crippen LogP) is 6.13. The summed E-state index contributed by atoms with van der Waals surface area (Å²) in [7, 11) is 1.26. The highest BCUT2D eigenvalue weighted by atomic mass is 16.5. The van der Waals surface area contributed by atoms with Crippen LogP contribution in [0.1, 0.15) is 110 Å². The third-order valence-electron chi connectivity index (χ3n) is 4.43. The van der Waals surface area contributed by atoms with E-state index >= 15 is 0 Å². The van der Waals surface area contributed by atoms with Gasteiger partial charge in [0, 0.05) is 6.42 Å². The second-order valence-corrected chi connectivity index (χ2v) is 6.74. The number of nitrogens with one attached hydrogen (secondary N) is 1. The molecule has 4 nitrogen and oxygen atoms in total. The number of amides is 2. The molecule has 0 unspecified atom stereocenters. The number of hydrogen-bond donors (Lipinski definition) is 1. The third-order valence-corrected chi connectivity index (χ3v) is 4.43. The smallest absolute Gasteiger partial charge is 0.413 e. The van der Waals surface area contributed by atoms with Crippen molar-refractivity contribution in [3.63, 3.8) is 0 Å². The van der Waals surface area contributed by atoms with Gasteiger partial charge in [-0.1, -0.05) is 96.8 Å². The molecule has 24 heavy (non-hydrogen) atoms. The molecule has 0 atom stereocenters. The summed E-state index contributed by atoms with van der Waals surface area (Å²) in [6.45, 7) is 2.27. The van der Waals surface area contributed by atoms with Crippen molar-refractivity contribution < 1.29 is 14.3 Å². The lowest BCUT2D eigenvalue weighted by Crippen LogP contribution is -2.29. The highest BCUT2D eigenvalue weighted by Crippen LogP contribution is 2.13. The number of methoxy groups -OCH3 is 1. The van der Waals surface area contributed by atoms with Gasteiger partial charge in [-0.25, -0.2) is 4.79 Å². The first-order chi connectivity index (χ1) is 11.7. The molecule has 0 heterocycles. The van der Waals surface area contributed by atoms with Crippen LogP contribution in [-0.2, 0) is 9.53 Å². The van der Waals surface area contributed by atoms with Gasteiger partial charge < -0.3 is 4.74 Å². The van der Waals surface area contributed by atoms with Crippen LogP contribution in [0.4, 0.5) is 4.79 Å². The van der Waals surface area contributed by atoms with E-state index in [1.165, 1.54) is 90.6 Å². The number of hydrogen-bond acceptors (Lipinski definition) is 3. The molecule has 0 aliphatic heterocycles. The van der Waals surface area contributed by atoms with Crippen molar-refractivity contribution in [1.82, 2.24) is 5.32 Å². The number of carbonyl (C=O) groups is 2. The van der Waals surface area contributed by atoms with Crippen LogP contribution in [0.5, 0.6) is 0 Å². The molecule has 2 amide bonds. The zero-order valence-electron chi connectivity index (χ0n) is 16.0. The second-order valence-electron chi connectivity index (χ2n) is 6.74. The van der Waals surface area contributed by atoms with E-state index in [-0.39, 0.29) is 5.91 Å². The van der Waals surface area contributed by atoms with E-state index in [0.717, 1.165) is 12.8 Å². The summed E-state index contributed by atoms with van der Waals surface area (Å²) >= 11 is 0. The number of alkyl carbamates (subject to hydrolysis) is 1. The van der Waals surface area contributed by atoms with Crippen molar-refractivity contribution in [2.24, 2.45) is 0 Å². The molecule has 0 aromatic carbocycles. The Labute approximate surface area is 149 Å². The second kappa shape index (κ2) is 18.3. The number of unbranched alkanes of at least 4 members (excludes halogenated alkanes) is 14. The average molecular weight is 342 g/mol. The topological polar surface area (TPSA) is 55.4 Å². The SMILES string of the molecule is CCCCCCCCCCCCCCCCCC(=O)NC(=O)OC. The molecule has 0 aliphatic rings. The Morgan fingerprint density at radius 2 is 1.04 bits per heavy atom. The van der Waals surface area contributed by atoms with Crippen molar-refractivity contribution in [3.8, 4) is 0 Å². The fraction of sp³-hybridized carbons (Fsp3) is 0.900. The quantitative estimate of drug-likeness (QED) is 0.343. The molecule has 0 bridgehead atoms. The minimum absolute atomic E-state index is 0.239. The van der Waals surface area contributed by atoms with Gasteiger partial charge in [-0.15, -0.1) is 0 Å². The number of carbonyl (C=O) groups excluding carboxylic acids is 2. The first-order valence-corrected chi connectivity index (χ1v) is 10.1. The van der Waals surface area contributed by atoms with Gasteiger partial charge in [0.1, 0.15) is 0 Å². The maximum atomic E-state index is 11.3. The standard InChI is InChI=1S/C20H39NO3/c1-3-4-5-6-7-8-9-10-11-12-13-14-15-16-17-18-19(22)21-20(23)24-2/h3-18H2,1-2H3,(H,21,22,23). The number of rotatable bonds is 16. The van der Waals surface area contributed by atoms with Crippen molar-refractivity contribution in [2.75, 3.05) is 7.11 Å². The van der Waals surface area contributed by atoms with Crippen LogP contribution in [0, 0.1) is 0 Å². The third kappa shape index (κ3) is 17.3. The molecule has 0 aromatic rings. The lowest BCUT2D eigenvalue weighted by molar-refractivity contribution is -0.120. The lowest BCUT2D eigenvalue weighted by Gasteiger charge is -2.04. The average Bonchev–Trinajstić information content (AvgIpc) is 2.58. The molecular formula is C20H39NO3. The number of ether oxygens (including phenoxy) is 1. The number of imide groups is 1. The lowest BCUT2D eigenvalue weighted by atomic mass is 10.0. The summed E-state index contributed by atoms with van der Waals surface area (Å²) in [4.78, 5) is 22.2. The fourth-order valence-electron chi connectivity index (χ4n) is 2.88. The minimum Gasteiger partial charge on any atom is -0.453 e. The summed E-state index contributed by atoms with van der Waals surface area (Å²) < 4.78 is 4.38. The van der Waals surface area contributed by atoms with Gasteiger partial charge in [0.2, 0.25) is 5.91 Å². The monoisotopic (exact) mass is 341 g/mol. The Hall–Kier alpha value is -1.06. The van der Waals surface area contributed by atoms with Crippen molar-refractivity contribution in [1.29, 1.82) is 0 Å². The summed E-state index contributed by atoms with van der Waals surface area (Å²) in [5, 5.41) is 2.18. The molecule has 1 N–H and O–H groups in total. The fourth-order valence-corrected chi connectivity index (χ4v) is 2.88. The molecule has 4 heteroatoms. The molecule has 0 saturated carbocycles. The van der Waals surface area contributed by atoms with E-state index in [2.05, 4.69) is 17.0 Å². The Bertz CT molecular complexity index is 305. The van der Waals surface area contributed by atoms with Gasteiger partial charge in [-0.3, -0.25) is 10.1 Å². The zero-order chi connectivity index (χ0) is 17.9. The van der Waals surface area contributed by atoms with Crippen LogP contribution in [0.2, 0.25) is 0 Å². The molecule has 0 radical (unpaired) electrons. The van der Waals surface area contributed by atoms with Crippen LogP contribution in [-0.4, -0.2) is 19.1 Å². The highest BCUT2D eigenvalue weighted by Gasteiger charge is 2.06. The first-order valence-electron chi connectivity index (χ1n) is 10.1. The van der Waals surface area contributed by atoms with Gasteiger partial charge in [0.25, 0.3) is 0 Å². The van der Waals surface area contributed by atoms with Crippen molar-refractivity contribution >= 4 is 12.0 Å². The van der Waals surface area contributed by atoms with Crippen LogP contribution in [0.25, 0.3) is 0 Å². The maximum Gasteiger partial charge on any atom is 0.413 e. The Morgan fingerprint density at radius 1 is 0.667 bits per heavy atom. The summed E-state index contributed by atoms with van der Waals surface area (Å²) in [5.74, 6) is -0.239. The first kappa shape index (κ1) is 22.9. The van der Waals surface area contributed by atoms with Crippen LogP contribution < -0.4 is 5.32 Å². The summed E-state index contributed by atoms with van der Waals surface area (Å²) in [6, 6.07) is 0. The van der Waals surface area contributed by atoms with E-state index in [4.69, 9.17) is 0 Å². The molecule has 0 saturated heterocycles. The van der Waals surface area contributed by atoms with Gasteiger partial charge in [0.05, 0.1) is 7.11 Å². The molecule has 142 valence electrons. The van der Waals surface area contributed by atoms with E-state index in [9.17, 15) is 9.59 Å². The minimum atomic E-state index is -0.666. The van der Waals surface area contributed by atoms with Gasteiger partial charge >= 0.3 is 6.09 Å². The van der Waals surface area contributed by atoms with E-state index in [1.807, 2.05) is 0 Å². The van der Waals surface area contributed by atoms with Crippen LogP contribution >= 0.6 is 0 Å². The normalized spacial score (nSPS) is 10.6. The van der Waals surface area contributed by atoms with Gasteiger partial charge in [-0.2, -0.15) is 0 Å². The zero-order valence-corrected chi connectivity index (χ0v) is 16.0. The molecule has 0 rings (SSSR count). The van der Waals surface area contributed by atoms with Crippen molar-refractivity contribution in [2.45, 2.75) is 110 Å². The Kier molecular flexibility index (Phi) is 17.5. The summed E-state index contributed by atoms with van der Waals surface area (Å²) in [6.07, 6.45) is 19.3. The van der Waals surface area contributed by atoms with Gasteiger partial charge in [0.15, 0.2) is 0 Å².